The van der Waals surface area contributed by atoms with Gasteiger partial charge in [0, 0.05) is 12.1 Å². The highest BCUT2D eigenvalue weighted by Gasteiger charge is 2.45. The van der Waals surface area contributed by atoms with Gasteiger partial charge in [0.05, 0.1) is 0 Å². The molecule has 0 aromatic heterocycles. The van der Waals surface area contributed by atoms with Crippen molar-refractivity contribution in [3.63, 3.8) is 0 Å². The van der Waals surface area contributed by atoms with Crippen molar-refractivity contribution in [2.45, 2.75) is 44.7 Å². The second-order valence-electron chi connectivity index (χ2n) is 5.68. The first-order valence-corrected chi connectivity index (χ1v) is 6.79. The Hall–Kier alpha value is -1.02. The van der Waals surface area contributed by atoms with E-state index < -0.39 is 0 Å². The van der Waals surface area contributed by atoms with Crippen molar-refractivity contribution in [3.05, 3.63) is 29.8 Å². The van der Waals surface area contributed by atoms with Gasteiger partial charge >= 0.3 is 0 Å². The van der Waals surface area contributed by atoms with E-state index in [2.05, 4.69) is 18.3 Å². The van der Waals surface area contributed by atoms with Crippen LogP contribution in [0.3, 0.4) is 0 Å². The highest BCUT2D eigenvalue weighted by atomic mass is 16.3. The Morgan fingerprint density at radius 3 is 3.06 bits per heavy atom. The van der Waals surface area contributed by atoms with E-state index in [-0.39, 0.29) is 0 Å². The summed E-state index contributed by atoms with van der Waals surface area (Å²) >= 11 is 0. The summed E-state index contributed by atoms with van der Waals surface area (Å²) < 4.78 is 0. The molecule has 17 heavy (non-hydrogen) atoms. The van der Waals surface area contributed by atoms with Crippen LogP contribution in [-0.2, 0) is 0 Å². The minimum atomic E-state index is 0.339. The van der Waals surface area contributed by atoms with Crippen molar-refractivity contribution in [2.24, 2.45) is 11.8 Å². The summed E-state index contributed by atoms with van der Waals surface area (Å²) in [6, 6.07) is 8.64. The van der Waals surface area contributed by atoms with Crippen LogP contribution in [0.5, 0.6) is 5.75 Å². The van der Waals surface area contributed by atoms with Gasteiger partial charge in [0.25, 0.3) is 0 Å². The average Bonchev–Trinajstić information content (AvgIpc) is 3.09. The Bertz CT molecular complexity index is 404. The van der Waals surface area contributed by atoms with Crippen LogP contribution in [0.1, 0.15) is 44.2 Å². The minimum Gasteiger partial charge on any atom is -0.508 e. The first-order chi connectivity index (χ1) is 8.24. The molecule has 0 saturated heterocycles. The Kier molecular flexibility index (Phi) is 2.83. The summed E-state index contributed by atoms with van der Waals surface area (Å²) in [6.45, 7) is 2.20. The van der Waals surface area contributed by atoms with E-state index in [4.69, 9.17) is 0 Å². The molecular weight excluding hydrogens is 210 g/mol. The first-order valence-electron chi connectivity index (χ1n) is 6.79. The van der Waals surface area contributed by atoms with E-state index >= 15 is 0 Å². The molecule has 92 valence electrons. The smallest absolute Gasteiger partial charge is 0.115 e. The lowest BCUT2D eigenvalue weighted by Crippen LogP contribution is -2.35. The highest BCUT2D eigenvalue weighted by molar-refractivity contribution is 5.29. The number of phenolic OH excluding ortho intramolecular Hbond substituents is 1. The summed E-state index contributed by atoms with van der Waals surface area (Å²) in [5, 5.41) is 13.2. The Balaban J connectivity index is 1.64. The molecule has 3 rings (SSSR count). The molecule has 0 amide bonds. The van der Waals surface area contributed by atoms with Crippen LogP contribution in [-0.4, -0.2) is 11.1 Å². The molecule has 0 spiro atoms. The normalized spacial score (nSPS) is 32.9. The van der Waals surface area contributed by atoms with E-state index in [0.29, 0.717) is 17.8 Å². The molecule has 2 saturated carbocycles. The third kappa shape index (κ3) is 2.32. The predicted octanol–water partition coefficient (Wildman–Crippen LogP) is 3.23. The van der Waals surface area contributed by atoms with Crippen LogP contribution < -0.4 is 5.32 Å². The molecule has 2 nitrogen and oxygen atoms in total. The molecule has 1 aromatic carbocycles. The van der Waals surface area contributed by atoms with Crippen LogP contribution in [0.25, 0.3) is 0 Å². The SMILES string of the molecule is CC(NC1CCC[C@H]2C[C@@H]12)c1cccc(O)c1. The van der Waals surface area contributed by atoms with Gasteiger partial charge in [-0.25, -0.2) is 0 Å². The summed E-state index contributed by atoms with van der Waals surface area (Å²) in [6.07, 6.45) is 5.59. The Morgan fingerprint density at radius 2 is 2.24 bits per heavy atom. The second kappa shape index (κ2) is 4.34. The lowest BCUT2D eigenvalue weighted by atomic mass is 9.94. The summed E-state index contributed by atoms with van der Waals surface area (Å²) in [5.41, 5.74) is 1.19. The number of rotatable bonds is 3. The maximum Gasteiger partial charge on any atom is 0.115 e. The molecular formula is C15H21NO. The number of benzene rings is 1. The van der Waals surface area contributed by atoms with Crippen LogP contribution in [0.15, 0.2) is 24.3 Å². The fourth-order valence-corrected chi connectivity index (χ4v) is 3.33. The summed E-state index contributed by atoms with van der Waals surface area (Å²) in [4.78, 5) is 0. The van der Waals surface area contributed by atoms with Gasteiger partial charge in [-0.2, -0.15) is 0 Å². The van der Waals surface area contributed by atoms with Gasteiger partial charge in [0.1, 0.15) is 5.75 Å². The molecule has 2 aliphatic rings. The van der Waals surface area contributed by atoms with Crippen LogP contribution in [0.4, 0.5) is 0 Å². The van der Waals surface area contributed by atoms with E-state index in [1.54, 1.807) is 6.07 Å². The molecule has 1 aromatic rings. The van der Waals surface area contributed by atoms with Crippen molar-refractivity contribution in [2.75, 3.05) is 0 Å². The number of aromatic hydroxyl groups is 1. The zero-order valence-corrected chi connectivity index (χ0v) is 10.4. The molecule has 0 aliphatic heterocycles. The predicted molar refractivity (Wildman–Crippen MR) is 68.9 cm³/mol. The lowest BCUT2D eigenvalue weighted by molar-refractivity contribution is 0.328. The maximum absolute atomic E-state index is 9.50. The molecule has 0 radical (unpaired) electrons. The van der Waals surface area contributed by atoms with Gasteiger partial charge in [-0.15, -0.1) is 0 Å². The van der Waals surface area contributed by atoms with E-state index in [1.807, 2.05) is 12.1 Å². The van der Waals surface area contributed by atoms with Gasteiger partial charge in [-0.3, -0.25) is 0 Å². The topological polar surface area (TPSA) is 32.3 Å². The number of hydrogen-bond donors (Lipinski definition) is 2. The number of phenols is 1. The lowest BCUT2D eigenvalue weighted by Gasteiger charge is -2.27. The Labute approximate surface area is 103 Å². The van der Waals surface area contributed by atoms with Crippen molar-refractivity contribution in [1.82, 2.24) is 5.32 Å². The standard InChI is InChI=1S/C15H21NO/c1-10(11-4-2-6-13(17)8-11)16-15-7-3-5-12-9-14(12)15/h2,4,6,8,10,12,14-17H,3,5,7,9H2,1H3/t10?,12-,14+,15?/m0/s1. The first kappa shape index (κ1) is 11.1. The zero-order chi connectivity index (χ0) is 11.8. The second-order valence-corrected chi connectivity index (χ2v) is 5.68. The largest absolute Gasteiger partial charge is 0.508 e. The molecule has 2 N–H and O–H groups in total. The van der Waals surface area contributed by atoms with Crippen molar-refractivity contribution < 1.29 is 5.11 Å². The average molecular weight is 231 g/mol. The number of fused-ring (bicyclic) bond motifs is 1. The van der Waals surface area contributed by atoms with E-state index in [1.165, 1.54) is 31.2 Å². The van der Waals surface area contributed by atoms with Crippen molar-refractivity contribution >= 4 is 0 Å². The van der Waals surface area contributed by atoms with E-state index in [9.17, 15) is 5.11 Å². The van der Waals surface area contributed by atoms with Gasteiger partial charge in [0.15, 0.2) is 0 Å². The fourth-order valence-electron chi connectivity index (χ4n) is 3.33. The molecule has 0 heterocycles. The fraction of sp³-hybridized carbons (Fsp3) is 0.600. The zero-order valence-electron chi connectivity index (χ0n) is 10.4. The molecule has 2 heteroatoms. The summed E-state index contributed by atoms with van der Waals surface area (Å²) in [7, 11) is 0. The molecule has 0 bridgehead atoms. The van der Waals surface area contributed by atoms with E-state index in [0.717, 1.165) is 11.8 Å². The quantitative estimate of drug-likeness (QED) is 0.837. The minimum absolute atomic E-state index is 0.339. The van der Waals surface area contributed by atoms with Crippen LogP contribution in [0.2, 0.25) is 0 Å². The summed E-state index contributed by atoms with van der Waals surface area (Å²) in [5.74, 6) is 2.31. The van der Waals surface area contributed by atoms with Crippen LogP contribution in [0, 0.1) is 11.8 Å². The molecule has 4 atom stereocenters. The van der Waals surface area contributed by atoms with Gasteiger partial charge in [-0.05, 0) is 49.3 Å². The number of hydrogen-bond acceptors (Lipinski definition) is 2. The number of nitrogens with one attached hydrogen (secondary N) is 1. The highest BCUT2D eigenvalue weighted by Crippen LogP contribution is 2.49. The molecule has 2 fully saturated rings. The van der Waals surface area contributed by atoms with Crippen molar-refractivity contribution in [3.8, 4) is 5.75 Å². The van der Waals surface area contributed by atoms with Gasteiger partial charge < -0.3 is 10.4 Å². The maximum atomic E-state index is 9.50. The van der Waals surface area contributed by atoms with Gasteiger partial charge in [-0.1, -0.05) is 25.0 Å². The van der Waals surface area contributed by atoms with Crippen molar-refractivity contribution in [1.29, 1.82) is 0 Å². The molecule has 2 unspecified atom stereocenters. The monoisotopic (exact) mass is 231 g/mol. The Morgan fingerprint density at radius 1 is 1.35 bits per heavy atom. The third-order valence-corrected chi connectivity index (χ3v) is 4.42. The third-order valence-electron chi connectivity index (χ3n) is 4.42. The molecule has 2 aliphatic carbocycles. The van der Waals surface area contributed by atoms with Crippen LogP contribution >= 0.6 is 0 Å². The van der Waals surface area contributed by atoms with Gasteiger partial charge in [0.2, 0.25) is 0 Å².